The maximum absolute atomic E-state index is 10.6. The predicted octanol–water partition coefficient (Wildman–Crippen LogP) is 14.4. The van der Waals surface area contributed by atoms with Gasteiger partial charge in [0.05, 0.1) is 22.8 Å². The molecule has 5 heterocycles. The molecular formula is C52H39Cl2F3FeN4O2. The van der Waals surface area contributed by atoms with E-state index in [-0.39, 0.29) is 17.1 Å². The third-order valence-corrected chi connectivity index (χ3v) is 11.5. The van der Waals surface area contributed by atoms with Crippen molar-refractivity contribution in [3.63, 3.8) is 0 Å². The first-order valence-electron chi connectivity index (χ1n) is 20.0. The number of carbonyl (C=O) groups is 1. The van der Waals surface area contributed by atoms with Crippen molar-refractivity contribution >= 4 is 75.5 Å². The number of aliphatic carboxylic acids is 1. The van der Waals surface area contributed by atoms with Crippen LogP contribution in [-0.4, -0.2) is 27.2 Å². The number of alkyl halides is 3. The van der Waals surface area contributed by atoms with Crippen molar-refractivity contribution in [2.45, 2.75) is 47.7 Å². The van der Waals surface area contributed by atoms with Crippen LogP contribution in [0.4, 0.5) is 13.2 Å². The summed E-state index contributed by atoms with van der Waals surface area (Å²) in [5.41, 5.74) is 21.7. The van der Waals surface area contributed by atoms with Gasteiger partial charge in [0.15, 0.2) is 0 Å². The Morgan fingerprint density at radius 2 is 0.750 bits per heavy atom. The average molecular weight is 936 g/mol. The van der Waals surface area contributed by atoms with Gasteiger partial charge in [-0.1, -0.05) is 107 Å². The fraction of sp³-hybridized carbons (Fsp3) is 0.135. The molecule has 3 aromatic heterocycles. The van der Waals surface area contributed by atoms with E-state index in [1.807, 2.05) is 48.5 Å². The van der Waals surface area contributed by atoms with Crippen LogP contribution in [0.15, 0.2) is 97.1 Å². The van der Waals surface area contributed by atoms with Gasteiger partial charge in [-0.25, -0.2) is 14.8 Å². The molecule has 2 aliphatic heterocycles. The Balaban J connectivity index is 0.000000709. The minimum Gasteiger partial charge on any atom is -0.657 e. The second-order valence-electron chi connectivity index (χ2n) is 15.7. The molecule has 0 saturated heterocycles. The Morgan fingerprint density at radius 1 is 0.484 bits per heavy atom. The van der Waals surface area contributed by atoms with Crippen LogP contribution in [0.3, 0.4) is 0 Å². The Labute approximate surface area is 389 Å². The van der Waals surface area contributed by atoms with Gasteiger partial charge in [-0.15, -0.1) is 22.1 Å². The Morgan fingerprint density at radius 3 is 1.03 bits per heavy atom. The molecule has 4 aromatic carbocycles. The zero-order chi connectivity index (χ0) is 44.9. The van der Waals surface area contributed by atoms with E-state index in [4.69, 9.17) is 53.0 Å². The normalized spacial score (nSPS) is 11.9. The molecule has 6 nitrogen and oxygen atoms in total. The molecule has 0 unspecified atom stereocenters. The van der Waals surface area contributed by atoms with Gasteiger partial charge in [0, 0.05) is 10.0 Å². The number of nitrogens with zero attached hydrogens (tertiary/aromatic N) is 4. The van der Waals surface area contributed by atoms with Crippen molar-refractivity contribution in [3.8, 4) is 44.5 Å². The number of fused-ring (bicyclic) bond motifs is 8. The van der Waals surface area contributed by atoms with Crippen molar-refractivity contribution in [3.05, 3.63) is 163 Å². The SMILES string of the molecule is Cc1cc(C)c(-c2c3nc(c(-c4ccc(Cl)cc4)c4ccc([n-]4)c(-c4c(C)cc(C)cc4C)c4nc(c(-c5ccc(Cl)cc5)c5ccc2[n-]5)C=C4)C=C3)c(C)c1.O=C(O)C(F)(F)F.[Fe+2]. The van der Waals surface area contributed by atoms with Crippen molar-refractivity contribution in [1.29, 1.82) is 0 Å². The Kier molecular flexibility index (Phi) is 13.0. The first-order valence-corrected chi connectivity index (χ1v) is 20.8. The van der Waals surface area contributed by atoms with E-state index < -0.39 is 12.1 Å². The van der Waals surface area contributed by atoms with Gasteiger partial charge in [-0.2, -0.15) is 13.2 Å². The minimum atomic E-state index is -5.08. The molecule has 0 atom stereocenters. The maximum Gasteiger partial charge on any atom is 2.00 e. The molecular weight excluding hydrogens is 896 g/mol. The van der Waals surface area contributed by atoms with Crippen LogP contribution in [0.1, 0.15) is 56.2 Å². The monoisotopic (exact) mass is 934 g/mol. The van der Waals surface area contributed by atoms with Crippen LogP contribution in [0.25, 0.3) is 90.9 Å². The molecule has 0 saturated carbocycles. The molecule has 2 aliphatic rings. The summed E-state index contributed by atoms with van der Waals surface area (Å²) in [7, 11) is 0. The molecule has 0 fully saturated rings. The Bertz CT molecular complexity index is 2970. The first-order chi connectivity index (χ1) is 30.0. The van der Waals surface area contributed by atoms with Crippen LogP contribution < -0.4 is 9.97 Å². The molecule has 8 bridgehead atoms. The van der Waals surface area contributed by atoms with Crippen molar-refractivity contribution in [1.82, 2.24) is 19.9 Å². The molecule has 9 rings (SSSR count). The zero-order valence-corrected chi connectivity index (χ0v) is 38.1. The summed E-state index contributed by atoms with van der Waals surface area (Å²) in [6.45, 7) is 12.9. The number of hydrogen-bond donors (Lipinski definition) is 1. The number of halogens is 5. The maximum atomic E-state index is 10.6. The van der Waals surface area contributed by atoms with Gasteiger partial charge in [0.1, 0.15) is 0 Å². The summed E-state index contributed by atoms with van der Waals surface area (Å²) in [5, 5.41) is 8.46. The molecule has 7 aromatic rings. The largest absolute Gasteiger partial charge is 2.00 e. The van der Waals surface area contributed by atoms with Gasteiger partial charge in [-0.05, 0) is 157 Å². The predicted molar refractivity (Wildman–Crippen MR) is 251 cm³/mol. The van der Waals surface area contributed by atoms with Crippen LogP contribution in [-0.2, 0) is 21.9 Å². The number of hydrogen-bond acceptors (Lipinski definition) is 3. The summed E-state index contributed by atoms with van der Waals surface area (Å²) in [4.78, 5) is 30.6. The summed E-state index contributed by atoms with van der Waals surface area (Å²) in [6, 6.07) is 33.2. The van der Waals surface area contributed by atoms with Crippen LogP contribution in [0.5, 0.6) is 0 Å². The molecule has 64 heavy (non-hydrogen) atoms. The van der Waals surface area contributed by atoms with Gasteiger partial charge < -0.3 is 15.1 Å². The van der Waals surface area contributed by atoms with Gasteiger partial charge in [0.25, 0.3) is 0 Å². The molecule has 0 radical (unpaired) electrons. The second kappa shape index (κ2) is 18.1. The third kappa shape index (κ3) is 9.10. The van der Waals surface area contributed by atoms with Gasteiger partial charge in [-0.3, -0.25) is 0 Å². The number of carboxylic acids is 1. The first kappa shape index (κ1) is 45.9. The number of benzene rings is 4. The zero-order valence-electron chi connectivity index (χ0n) is 35.4. The fourth-order valence-electron chi connectivity index (χ4n) is 8.57. The fourth-order valence-corrected chi connectivity index (χ4v) is 8.83. The number of aromatic nitrogens is 4. The molecule has 12 heteroatoms. The van der Waals surface area contributed by atoms with Crippen molar-refractivity contribution in [2.75, 3.05) is 0 Å². The summed E-state index contributed by atoms with van der Waals surface area (Å²) in [6.07, 6.45) is 3.34. The molecule has 0 aliphatic carbocycles. The van der Waals surface area contributed by atoms with E-state index in [0.717, 1.165) is 89.4 Å². The van der Waals surface area contributed by atoms with Crippen molar-refractivity contribution < 1.29 is 40.1 Å². The topological polar surface area (TPSA) is 91.3 Å². The smallest absolute Gasteiger partial charge is 0.657 e. The number of carboxylic acid groups (broad SMARTS) is 1. The number of aryl methyl sites for hydroxylation is 6. The van der Waals surface area contributed by atoms with E-state index in [0.29, 0.717) is 10.0 Å². The Hall–Kier alpha value is -6.16. The number of rotatable bonds is 4. The molecule has 1 N–H and O–H groups in total. The molecule has 0 spiro atoms. The van der Waals surface area contributed by atoms with E-state index in [2.05, 4.69) is 114 Å². The summed E-state index contributed by atoms with van der Waals surface area (Å²) >= 11 is 12.9. The quantitative estimate of drug-likeness (QED) is 0.177. The second-order valence-corrected chi connectivity index (χ2v) is 16.6. The van der Waals surface area contributed by atoms with Crippen LogP contribution in [0, 0.1) is 41.5 Å². The summed E-state index contributed by atoms with van der Waals surface area (Å²) < 4.78 is 31.7. The standard InChI is InChI=1S/C50H38Cl2N4.C2HF3O2.Fe/c1-27-23-29(3)45(30(4)24-27)49-41-19-15-37(53-41)47(33-7-11-35(51)12-8-33)39-17-21-43(55-39)50(46-31(5)25-28(2)26-32(46)6)44-22-18-40(56-44)48(38-16-20-42(49)54-38)34-9-13-36(52)14-10-34;3-2(4,5)1(6)7;/h7-26H,1-6H3;(H,6,7);/q-2;;+2. The van der Waals surface area contributed by atoms with Crippen molar-refractivity contribution in [2.24, 2.45) is 0 Å². The van der Waals surface area contributed by atoms with Crippen LogP contribution >= 0.6 is 23.2 Å². The average Bonchev–Trinajstić information content (AvgIpc) is 4.05. The minimum absolute atomic E-state index is 0. The van der Waals surface area contributed by atoms with Gasteiger partial charge in [0.2, 0.25) is 0 Å². The van der Waals surface area contributed by atoms with E-state index in [1.54, 1.807) is 0 Å². The van der Waals surface area contributed by atoms with E-state index in [1.165, 1.54) is 33.4 Å². The van der Waals surface area contributed by atoms with Gasteiger partial charge >= 0.3 is 29.2 Å². The van der Waals surface area contributed by atoms with E-state index in [9.17, 15) is 13.2 Å². The molecule has 0 amide bonds. The van der Waals surface area contributed by atoms with Crippen LogP contribution in [0.2, 0.25) is 10.0 Å². The third-order valence-electron chi connectivity index (χ3n) is 11.0. The van der Waals surface area contributed by atoms with E-state index >= 15 is 0 Å². The summed E-state index contributed by atoms with van der Waals surface area (Å²) in [5.74, 6) is -2.76. The molecule has 322 valence electrons.